The Morgan fingerprint density at radius 1 is 0.853 bits per heavy atom. The van der Waals surface area contributed by atoms with Crippen molar-refractivity contribution in [2.45, 2.75) is 25.8 Å². The summed E-state index contributed by atoms with van der Waals surface area (Å²) in [4.78, 5) is 29.2. The number of imide groups is 1. The molecule has 2 fully saturated rings. The van der Waals surface area contributed by atoms with Gasteiger partial charge in [-0.2, -0.15) is 0 Å². The third-order valence-electron chi connectivity index (χ3n) is 6.37. The van der Waals surface area contributed by atoms with Gasteiger partial charge in [0.25, 0.3) is 5.91 Å². The van der Waals surface area contributed by atoms with Crippen LogP contribution < -0.4 is 15.0 Å². The molecule has 1 N–H and O–H groups in total. The van der Waals surface area contributed by atoms with Gasteiger partial charge in [0.2, 0.25) is 0 Å². The van der Waals surface area contributed by atoms with E-state index in [1.165, 1.54) is 18.4 Å². The van der Waals surface area contributed by atoms with E-state index in [9.17, 15) is 9.59 Å². The van der Waals surface area contributed by atoms with Crippen molar-refractivity contribution >= 4 is 23.7 Å². The quantitative estimate of drug-likeness (QED) is 0.382. The predicted octanol–water partition coefficient (Wildman–Crippen LogP) is 5.73. The van der Waals surface area contributed by atoms with Crippen molar-refractivity contribution in [1.82, 2.24) is 10.2 Å². The topological polar surface area (TPSA) is 61.9 Å². The van der Waals surface area contributed by atoms with Crippen LogP contribution in [0.25, 0.3) is 6.08 Å². The van der Waals surface area contributed by atoms with E-state index in [2.05, 4.69) is 29.3 Å². The number of nitrogens with zero attached hydrogens (tertiary/aromatic N) is 2. The summed E-state index contributed by atoms with van der Waals surface area (Å²) < 4.78 is 5.79. The molecule has 5 rings (SSSR count). The van der Waals surface area contributed by atoms with E-state index in [4.69, 9.17) is 4.74 Å². The van der Waals surface area contributed by atoms with Gasteiger partial charge in [0.15, 0.2) is 0 Å². The molecule has 6 heteroatoms. The fraction of sp³-hybridized carbons (Fsp3) is 0.214. The summed E-state index contributed by atoms with van der Waals surface area (Å²) >= 11 is 0. The molecule has 34 heavy (non-hydrogen) atoms. The van der Waals surface area contributed by atoms with Crippen molar-refractivity contribution in [1.29, 1.82) is 0 Å². The highest BCUT2D eigenvalue weighted by Crippen LogP contribution is 2.28. The van der Waals surface area contributed by atoms with Crippen molar-refractivity contribution < 1.29 is 14.3 Å². The number of anilines is 1. The molecule has 2 aliphatic heterocycles. The van der Waals surface area contributed by atoms with Crippen LogP contribution in [0.15, 0.2) is 84.6 Å². The lowest BCUT2D eigenvalue weighted by Crippen LogP contribution is -2.30. The summed E-state index contributed by atoms with van der Waals surface area (Å²) in [5, 5.41) is 2.70. The van der Waals surface area contributed by atoms with Crippen LogP contribution in [-0.2, 0) is 4.79 Å². The average molecular weight is 454 g/mol. The number of hydrogen-bond donors (Lipinski definition) is 1. The maximum absolute atomic E-state index is 13.0. The Hall–Kier alpha value is -3.90. The largest absolute Gasteiger partial charge is 0.457 e. The van der Waals surface area contributed by atoms with Crippen LogP contribution in [0.1, 0.15) is 36.9 Å². The van der Waals surface area contributed by atoms with Crippen LogP contribution in [0.2, 0.25) is 0 Å². The van der Waals surface area contributed by atoms with Gasteiger partial charge >= 0.3 is 6.03 Å². The fourth-order valence-electron chi connectivity index (χ4n) is 4.43. The number of carbonyl (C=O) groups is 2. The second-order valence-electron chi connectivity index (χ2n) is 8.62. The SMILES string of the molecule is CC(c1ccc(C=C2NC(=O)N(c3ccc(Oc4ccccc4)cc3)C2=O)cc1)N1CCCC1. The normalized spacial score (nSPS) is 18.4. The number of urea groups is 1. The van der Waals surface area contributed by atoms with Gasteiger partial charge in [0.1, 0.15) is 17.2 Å². The predicted molar refractivity (Wildman–Crippen MR) is 133 cm³/mol. The van der Waals surface area contributed by atoms with Crippen LogP contribution in [0, 0.1) is 0 Å². The maximum atomic E-state index is 13.0. The maximum Gasteiger partial charge on any atom is 0.333 e. The fourth-order valence-corrected chi connectivity index (χ4v) is 4.43. The van der Waals surface area contributed by atoms with Crippen LogP contribution in [0.5, 0.6) is 11.5 Å². The number of amides is 3. The van der Waals surface area contributed by atoms with Gasteiger partial charge in [0, 0.05) is 6.04 Å². The van der Waals surface area contributed by atoms with Gasteiger partial charge in [-0.15, -0.1) is 0 Å². The van der Waals surface area contributed by atoms with Gasteiger partial charge in [-0.05, 0) is 86.5 Å². The molecule has 0 radical (unpaired) electrons. The van der Waals surface area contributed by atoms with Crippen LogP contribution in [-0.4, -0.2) is 29.9 Å². The molecular weight excluding hydrogens is 426 g/mol. The lowest BCUT2D eigenvalue weighted by Gasteiger charge is -2.24. The minimum atomic E-state index is -0.466. The van der Waals surface area contributed by atoms with Crippen LogP contribution >= 0.6 is 0 Å². The summed E-state index contributed by atoms with van der Waals surface area (Å²) in [6.45, 7) is 4.51. The highest BCUT2D eigenvalue weighted by Gasteiger charge is 2.34. The Morgan fingerprint density at radius 3 is 2.18 bits per heavy atom. The Balaban J connectivity index is 1.28. The summed E-state index contributed by atoms with van der Waals surface area (Å²) in [7, 11) is 0. The lowest BCUT2D eigenvalue weighted by molar-refractivity contribution is -0.113. The molecule has 2 heterocycles. The monoisotopic (exact) mass is 453 g/mol. The van der Waals surface area contributed by atoms with Crippen molar-refractivity contribution in [3.8, 4) is 11.5 Å². The van der Waals surface area contributed by atoms with Gasteiger partial charge in [0.05, 0.1) is 5.69 Å². The number of rotatable bonds is 6. The number of hydrogen-bond acceptors (Lipinski definition) is 4. The van der Waals surface area contributed by atoms with E-state index in [0.29, 0.717) is 17.5 Å². The number of para-hydroxylation sites is 1. The smallest absolute Gasteiger partial charge is 0.333 e. The standard InChI is InChI=1S/C28H27N3O3/c1-20(30-17-5-6-18-30)22-11-9-21(10-12-22)19-26-27(32)31(28(33)29-26)23-13-15-25(16-14-23)34-24-7-3-2-4-8-24/h2-4,7-16,19-20H,5-6,17-18H2,1H3,(H,29,33). The zero-order valence-corrected chi connectivity index (χ0v) is 19.1. The molecule has 2 aliphatic rings. The lowest BCUT2D eigenvalue weighted by atomic mass is 10.0. The number of nitrogens with one attached hydrogen (secondary N) is 1. The zero-order valence-electron chi connectivity index (χ0n) is 19.1. The van der Waals surface area contributed by atoms with E-state index >= 15 is 0 Å². The average Bonchev–Trinajstić information content (AvgIpc) is 3.49. The molecular formula is C28H27N3O3. The highest BCUT2D eigenvalue weighted by molar-refractivity contribution is 6.28. The molecule has 0 aliphatic carbocycles. The molecule has 0 aromatic heterocycles. The van der Waals surface area contributed by atoms with Crippen molar-refractivity contribution in [3.63, 3.8) is 0 Å². The summed E-state index contributed by atoms with van der Waals surface area (Å²) in [5.41, 5.74) is 2.87. The minimum Gasteiger partial charge on any atom is -0.457 e. The van der Waals surface area contributed by atoms with Gasteiger partial charge in [-0.1, -0.05) is 42.5 Å². The van der Waals surface area contributed by atoms with E-state index in [-0.39, 0.29) is 11.6 Å². The molecule has 3 aromatic carbocycles. The van der Waals surface area contributed by atoms with Crippen LogP contribution in [0.3, 0.4) is 0 Å². The second-order valence-corrected chi connectivity index (χ2v) is 8.62. The molecule has 1 unspecified atom stereocenters. The summed E-state index contributed by atoms with van der Waals surface area (Å²) in [6.07, 6.45) is 4.24. The highest BCUT2D eigenvalue weighted by atomic mass is 16.5. The molecule has 0 bridgehead atoms. The minimum absolute atomic E-state index is 0.259. The zero-order chi connectivity index (χ0) is 23.5. The van der Waals surface area contributed by atoms with E-state index < -0.39 is 6.03 Å². The molecule has 2 saturated heterocycles. The Labute approximate surface area is 199 Å². The third-order valence-corrected chi connectivity index (χ3v) is 6.37. The number of likely N-dealkylation sites (tertiary alicyclic amines) is 1. The number of carbonyl (C=O) groups excluding carboxylic acids is 2. The molecule has 0 spiro atoms. The first-order valence-corrected chi connectivity index (χ1v) is 11.6. The molecule has 1 atom stereocenters. The van der Waals surface area contributed by atoms with E-state index in [0.717, 1.165) is 29.3 Å². The van der Waals surface area contributed by atoms with Crippen molar-refractivity contribution in [3.05, 3.63) is 95.7 Å². The van der Waals surface area contributed by atoms with Crippen molar-refractivity contribution in [2.75, 3.05) is 18.0 Å². The molecule has 3 aromatic rings. The number of benzene rings is 3. The second kappa shape index (κ2) is 9.53. The first-order valence-electron chi connectivity index (χ1n) is 11.6. The van der Waals surface area contributed by atoms with Gasteiger partial charge in [-0.25, -0.2) is 9.69 Å². The van der Waals surface area contributed by atoms with Crippen LogP contribution in [0.4, 0.5) is 10.5 Å². The molecule has 172 valence electrons. The molecule has 6 nitrogen and oxygen atoms in total. The Bertz CT molecular complexity index is 1200. The van der Waals surface area contributed by atoms with E-state index in [1.54, 1.807) is 30.3 Å². The molecule has 0 saturated carbocycles. The van der Waals surface area contributed by atoms with Gasteiger partial charge < -0.3 is 10.1 Å². The van der Waals surface area contributed by atoms with Crippen molar-refractivity contribution in [2.24, 2.45) is 0 Å². The first-order chi connectivity index (χ1) is 16.6. The third kappa shape index (κ3) is 4.58. The Kier molecular flexibility index (Phi) is 6.14. The van der Waals surface area contributed by atoms with E-state index in [1.807, 2.05) is 42.5 Å². The van der Waals surface area contributed by atoms with Gasteiger partial charge in [-0.3, -0.25) is 9.69 Å². The Morgan fingerprint density at radius 2 is 1.50 bits per heavy atom. The first kappa shape index (κ1) is 21.9. The summed E-state index contributed by atoms with van der Waals surface area (Å²) in [6, 6.07) is 24.4. The summed E-state index contributed by atoms with van der Waals surface area (Å²) in [5.74, 6) is 0.966. The number of ether oxygens (including phenoxy) is 1. The molecule has 3 amide bonds.